The highest BCUT2D eigenvalue weighted by atomic mass is 16.1. The van der Waals surface area contributed by atoms with Crippen molar-refractivity contribution in [3.8, 4) is 0 Å². The number of ketones is 2. The van der Waals surface area contributed by atoms with E-state index in [9.17, 15) is 9.59 Å². The van der Waals surface area contributed by atoms with Crippen LogP contribution in [-0.4, -0.2) is 22.6 Å². The molecule has 0 aliphatic heterocycles. The second-order valence-corrected chi connectivity index (χ2v) is 6.59. The molecule has 0 radical (unpaired) electrons. The zero-order valence-corrected chi connectivity index (χ0v) is 12.0. The quantitative estimate of drug-likeness (QED) is 0.732. The molecule has 0 heterocycles. The first-order valence-electron chi connectivity index (χ1n) is 6.06. The molecule has 0 spiro atoms. The van der Waals surface area contributed by atoms with Crippen molar-refractivity contribution in [2.45, 2.75) is 52.6 Å². The van der Waals surface area contributed by atoms with Gasteiger partial charge in [0.1, 0.15) is 0 Å². The van der Waals surface area contributed by atoms with Gasteiger partial charge in [0.25, 0.3) is 0 Å². The molecule has 0 aromatic rings. The molecule has 0 atom stereocenters. The Hall–Kier alpha value is -1.58. The van der Waals surface area contributed by atoms with Gasteiger partial charge in [-0.3, -0.25) is 9.59 Å². The smallest absolute Gasteiger partial charge is 0.204 e. The monoisotopic (exact) mass is 250 g/mol. The zero-order valence-electron chi connectivity index (χ0n) is 12.0. The fraction of sp³-hybridized carbons (Fsp3) is 0.571. The van der Waals surface area contributed by atoms with Crippen molar-refractivity contribution in [1.82, 2.24) is 10.6 Å². The molecule has 100 valence electrons. The molecule has 0 saturated heterocycles. The minimum Gasteiger partial charge on any atom is -0.377 e. The number of nitrogens with one attached hydrogen (secondary N) is 2. The fourth-order valence-corrected chi connectivity index (χ4v) is 1.56. The molecule has 0 fully saturated rings. The highest BCUT2D eigenvalue weighted by Crippen LogP contribution is 2.14. The summed E-state index contributed by atoms with van der Waals surface area (Å²) < 4.78 is 0. The standard InChI is InChI=1S/C14H22N2O2/c1-13(2,3)15-9-7-12(18)10(8-11(9)17)16-14(4,5)6/h7-8,15-16H,1-6H3. The third-order valence-corrected chi connectivity index (χ3v) is 2.10. The van der Waals surface area contributed by atoms with Gasteiger partial charge in [0.15, 0.2) is 0 Å². The number of allylic oxidation sites excluding steroid dienone is 2. The van der Waals surface area contributed by atoms with Crippen molar-refractivity contribution in [2.24, 2.45) is 0 Å². The molecule has 0 saturated carbocycles. The average molecular weight is 250 g/mol. The lowest BCUT2D eigenvalue weighted by Crippen LogP contribution is -2.42. The van der Waals surface area contributed by atoms with Crippen LogP contribution in [-0.2, 0) is 9.59 Å². The lowest BCUT2D eigenvalue weighted by atomic mass is 10.0. The van der Waals surface area contributed by atoms with Gasteiger partial charge in [0, 0.05) is 23.2 Å². The third kappa shape index (κ3) is 4.35. The molecule has 1 aliphatic rings. The van der Waals surface area contributed by atoms with Crippen molar-refractivity contribution in [3.63, 3.8) is 0 Å². The average Bonchev–Trinajstić information content (AvgIpc) is 2.08. The van der Waals surface area contributed by atoms with E-state index < -0.39 is 0 Å². The van der Waals surface area contributed by atoms with Crippen molar-refractivity contribution < 1.29 is 9.59 Å². The van der Waals surface area contributed by atoms with Gasteiger partial charge in [-0.05, 0) is 41.5 Å². The summed E-state index contributed by atoms with van der Waals surface area (Å²) in [6, 6.07) is 0. The summed E-state index contributed by atoms with van der Waals surface area (Å²) in [6.07, 6.45) is 2.73. The topological polar surface area (TPSA) is 58.2 Å². The van der Waals surface area contributed by atoms with Crippen LogP contribution in [0.1, 0.15) is 41.5 Å². The predicted molar refractivity (Wildman–Crippen MR) is 72.0 cm³/mol. The maximum Gasteiger partial charge on any atom is 0.204 e. The van der Waals surface area contributed by atoms with E-state index >= 15 is 0 Å². The molecule has 1 aliphatic carbocycles. The SMILES string of the molecule is CC(C)(C)NC1=CC(=O)C(NC(C)(C)C)=CC1=O. The minimum atomic E-state index is -0.245. The van der Waals surface area contributed by atoms with Crippen LogP contribution in [0, 0.1) is 0 Å². The van der Waals surface area contributed by atoms with Crippen LogP contribution in [0.25, 0.3) is 0 Å². The number of carbonyl (C=O) groups excluding carboxylic acids is 2. The molecule has 0 bridgehead atoms. The second kappa shape index (κ2) is 4.59. The second-order valence-electron chi connectivity index (χ2n) is 6.59. The lowest BCUT2D eigenvalue weighted by molar-refractivity contribution is -0.115. The Balaban J connectivity index is 2.88. The van der Waals surface area contributed by atoms with Crippen molar-refractivity contribution >= 4 is 11.6 Å². The van der Waals surface area contributed by atoms with Gasteiger partial charge in [-0.15, -0.1) is 0 Å². The highest BCUT2D eigenvalue weighted by Gasteiger charge is 2.25. The Labute approximate surface area is 109 Å². The van der Waals surface area contributed by atoms with Gasteiger partial charge in [-0.2, -0.15) is 0 Å². The van der Waals surface area contributed by atoms with E-state index in [0.29, 0.717) is 11.4 Å². The van der Waals surface area contributed by atoms with Crippen LogP contribution >= 0.6 is 0 Å². The van der Waals surface area contributed by atoms with E-state index in [1.807, 2.05) is 41.5 Å². The molecule has 1 rings (SSSR count). The van der Waals surface area contributed by atoms with Crippen LogP contribution in [0.15, 0.2) is 23.5 Å². The number of hydrogen-bond acceptors (Lipinski definition) is 4. The molecule has 0 unspecified atom stereocenters. The van der Waals surface area contributed by atoms with E-state index in [2.05, 4.69) is 10.6 Å². The van der Waals surface area contributed by atoms with Gasteiger partial charge in [0.05, 0.1) is 11.4 Å². The largest absolute Gasteiger partial charge is 0.377 e. The maximum absolute atomic E-state index is 11.9. The molecule has 0 aromatic carbocycles. The van der Waals surface area contributed by atoms with E-state index in [1.54, 1.807) is 0 Å². The molecular weight excluding hydrogens is 228 g/mol. The van der Waals surface area contributed by atoms with Crippen LogP contribution in [0.4, 0.5) is 0 Å². The number of hydrogen-bond donors (Lipinski definition) is 2. The Bertz CT molecular complexity index is 390. The molecule has 0 amide bonds. The Morgan fingerprint density at radius 2 is 1.00 bits per heavy atom. The number of carbonyl (C=O) groups is 2. The van der Waals surface area contributed by atoms with Crippen LogP contribution in [0.5, 0.6) is 0 Å². The highest BCUT2D eigenvalue weighted by molar-refractivity contribution is 6.19. The van der Waals surface area contributed by atoms with E-state index in [1.165, 1.54) is 12.2 Å². The normalized spacial score (nSPS) is 17.2. The summed E-state index contributed by atoms with van der Waals surface area (Å²) >= 11 is 0. The van der Waals surface area contributed by atoms with E-state index in [-0.39, 0.29) is 22.6 Å². The summed E-state index contributed by atoms with van der Waals surface area (Å²) in [5.41, 5.74) is 0.216. The van der Waals surface area contributed by atoms with Gasteiger partial charge >= 0.3 is 0 Å². The molecule has 0 aromatic heterocycles. The Morgan fingerprint density at radius 3 is 1.22 bits per heavy atom. The Kier molecular flexibility index (Phi) is 3.70. The first-order valence-corrected chi connectivity index (χ1v) is 6.06. The van der Waals surface area contributed by atoms with E-state index in [0.717, 1.165) is 0 Å². The lowest BCUT2D eigenvalue weighted by Gasteiger charge is -2.27. The summed E-state index contributed by atoms with van der Waals surface area (Å²) in [6.45, 7) is 11.7. The molecule has 4 nitrogen and oxygen atoms in total. The maximum atomic E-state index is 11.9. The molecule has 18 heavy (non-hydrogen) atoms. The minimum absolute atomic E-state index is 0.170. The zero-order chi connectivity index (χ0) is 14.1. The Morgan fingerprint density at radius 1 is 0.722 bits per heavy atom. The molecule has 4 heteroatoms. The van der Waals surface area contributed by atoms with Gasteiger partial charge in [-0.1, -0.05) is 0 Å². The first kappa shape index (κ1) is 14.5. The van der Waals surface area contributed by atoms with Crippen LogP contribution in [0.2, 0.25) is 0 Å². The first-order chi connectivity index (χ1) is 7.98. The van der Waals surface area contributed by atoms with Crippen LogP contribution < -0.4 is 10.6 Å². The predicted octanol–water partition coefficient (Wildman–Crippen LogP) is 1.68. The van der Waals surface area contributed by atoms with Gasteiger partial charge < -0.3 is 10.6 Å². The third-order valence-electron chi connectivity index (χ3n) is 2.10. The van der Waals surface area contributed by atoms with Crippen molar-refractivity contribution in [1.29, 1.82) is 0 Å². The summed E-state index contributed by atoms with van der Waals surface area (Å²) in [5.74, 6) is -0.340. The van der Waals surface area contributed by atoms with Gasteiger partial charge in [0.2, 0.25) is 11.6 Å². The number of rotatable bonds is 2. The fourth-order valence-electron chi connectivity index (χ4n) is 1.56. The van der Waals surface area contributed by atoms with Crippen molar-refractivity contribution in [2.75, 3.05) is 0 Å². The molecular formula is C14H22N2O2. The van der Waals surface area contributed by atoms with E-state index in [4.69, 9.17) is 0 Å². The van der Waals surface area contributed by atoms with Crippen molar-refractivity contribution in [3.05, 3.63) is 23.5 Å². The summed E-state index contributed by atoms with van der Waals surface area (Å²) in [5, 5.41) is 6.08. The summed E-state index contributed by atoms with van der Waals surface area (Å²) in [7, 11) is 0. The summed E-state index contributed by atoms with van der Waals surface area (Å²) in [4.78, 5) is 23.8. The molecule has 2 N–H and O–H groups in total. The van der Waals surface area contributed by atoms with Crippen LogP contribution in [0.3, 0.4) is 0 Å². The van der Waals surface area contributed by atoms with Gasteiger partial charge in [-0.25, -0.2) is 0 Å².